The third-order valence-electron chi connectivity index (χ3n) is 3.55. The molecule has 4 unspecified atom stereocenters. The number of nitrogens with one attached hydrogen (secondary N) is 1. The van der Waals surface area contributed by atoms with Crippen molar-refractivity contribution >= 4 is 5.91 Å². The number of carbonyl (C=O) groups excluding carboxylic acids is 1. The number of ether oxygens (including phenoxy) is 1. The minimum absolute atomic E-state index is 0.0348. The van der Waals surface area contributed by atoms with Crippen molar-refractivity contribution < 1.29 is 9.53 Å². The molecule has 3 N–H and O–H groups in total. The average Bonchev–Trinajstić information content (AvgIpc) is 2.36. The van der Waals surface area contributed by atoms with Crippen LogP contribution in [-0.4, -0.2) is 54.7 Å². The highest BCUT2D eigenvalue weighted by Gasteiger charge is 2.30. The summed E-state index contributed by atoms with van der Waals surface area (Å²) in [4.78, 5) is 14.2. The van der Waals surface area contributed by atoms with Crippen molar-refractivity contribution in [3.63, 3.8) is 0 Å². The first kappa shape index (κ1) is 15.4. The van der Waals surface area contributed by atoms with E-state index in [1.807, 2.05) is 20.8 Å². The highest BCUT2D eigenvalue weighted by molar-refractivity contribution is 5.81. The Hall–Kier alpha value is -0.650. The number of hydrogen-bond acceptors (Lipinski definition) is 4. The van der Waals surface area contributed by atoms with Crippen molar-refractivity contribution in [1.82, 2.24) is 10.2 Å². The zero-order valence-corrected chi connectivity index (χ0v) is 12.0. The van der Waals surface area contributed by atoms with E-state index in [0.717, 1.165) is 19.5 Å². The smallest absolute Gasteiger partial charge is 0.237 e. The molecule has 1 aliphatic rings. The predicted octanol–water partition coefficient (Wildman–Crippen LogP) is 0.338. The van der Waals surface area contributed by atoms with Crippen molar-refractivity contribution in [2.45, 2.75) is 58.4 Å². The van der Waals surface area contributed by atoms with Gasteiger partial charge in [-0.25, -0.2) is 0 Å². The van der Waals surface area contributed by atoms with Crippen molar-refractivity contribution in [3.05, 3.63) is 0 Å². The minimum Gasteiger partial charge on any atom is -0.371 e. The lowest BCUT2D eigenvalue weighted by atomic mass is 10.1. The van der Waals surface area contributed by atoms with E-state index >= 15 is 0 Å². The Morgan fingerprint density at radius 1 is 1.50 bits per heavy atom. The Bertz CT molecular complexity index is 273. The second-order valence-corrected chi connectivity index (χ2v) is 5.25. The standard InChI is InChI=1S/C13H27N3O2/c1-5-9(2)15-13(17)11(4)16-7-10(3)18-12(6-14)8-16/h9-12H,5-8,14H2,1-4H3,(H,15,17). The maximum atomic E-state index is 12.1. The molecule has 0 aromatic rings. The number of rotatable bonds is 5. The number of nitrogens with zero attached hydrogens (tertiary/aromatic N) is 1. The highest BCUT2D eigenvalue weighted by atomic mass is 16.5. The lowest BCUT2D eigenvalue weighted by Gasteiger charge is -2.39. The molecule has 5 nitrogen and oxygen atoms in total. The van der Waals surface area contributed by atoms with Crippen LogP contribution in [-0.2, 0) is 9.53 Å². The zero-order valence-electron chi connectivity index (χ0n) is 12.0. The van der Waals surface area contributed by atoms with E-state index in [0.29, 0.717) is 6.54 Å². The average molecular weight is 257 g/mol. The third-order valence-corrected chi connectivity index (χ3v) is 3.55. The van der Waals surface area contributed by atoms with E-state index in [2.05, 4.69) is 17.1 Å². The van der Waals surface area contributed by atoms with Crippen molar-refractivity contribution in [1.29, 1.82) is 0 Å². The maximum absolute atomic E-state index is 12.1. The SMILES string of the molecule is CCC(C)NC(=O)C(C)N1CC(C)OC(CN)C1. The lowest BCUT2D eigenvalue weighted by molar-refractivity contribution is -0.132. The molecule has 1 amide bonds. The van der Waals surface area contributed by atoms with Gasteiger partial charge in [0, 0.05) is 25.7 Å². The van der Waals surface area contributed by atoms with Gasteiger partial charge in [0.25, 0.3) is 0 Å². The highest BCUT2D eigenvalue weighted by Crippen LogP contribution is 2.13. The molecule has 1 aliphatic heterocycles. The van der Waals surface area contributed by atoms with Crippen molar-refractivity contribution in [2.24, 2.45) is 5.73 Å². The fraction of sp³-hybridized carbons (Fsp3) is 0.923. The Balaban J connectivity index is 2.54. The predicted molar refractivity (Wildman–Crippen MR) is 72.3 cm³/mol. The lowest BCUT2D eigenvalue weighted by Crippen LogP contribution is -2.56. The summed E-state index contributed by atoms with van der Waals surface area (Å²) < 4.78 is 5.70. The summed E-state index contributed by atoms with van der Waals surface area (Å²) >= 11 is 0. The maximum Gasteiger partial charge on any atom is 0.237 e. The zero-order chi connectivity index (χ0) is 13.7. The van der Waals surface area contributed by atoms with Gasteiger partial charge in [0.15, 0.2) is 0 Å². The van der Waals surface area contributed by atoms with Crippen LogP contribution in [0.2, 0.25) is 0 Å². The van der Waals surface area contributed by atoms with Crippen LogP contribution in [0.15, 0.2) is 0 Å². The summed E-state index contributed by atoms with van der Waals surface area (Å²) in [7, 11) is 0. The van der Waals surface area contributed by atoms with Crippen LogP contribution in [0, 0.1) is 0 Å². The molecule has 4 atom stereocenters. The Labute approximate surface area is 110 Å². The molecule has 1 fully saturated rings. The molecule has 18 heavy (non-hydrogen) atoms. The van der Waals surface area contributed by atoms with Gasteiger partial charge < -0.3 is 15.8 Å². The van der Waals surface area contributed by atoms with Gasteiger partial charge in [-0.1, -0.05) is 6.92 Å². The van der Waals surface area contributed by atoms with Gasteiger partial charge in [-0.15, -0.1) is 0 Å². The number of amides is 1. The fourth-order valence-electron chi connectivity index (χ4n) is 2.16. The van der Waals surface area contributed by atoms with E-state index in [1.54, 1.807) is 0 Å². The fourth-order valence-corrected chi connectivity index (χ4v) is 2.16. The Morgan fingerprint density at radius 2 is 2.17 bits per heavy atom. The first-order chi connectivity index (χ1) is 8.47. The molecule has 1 heterocycles. The molecule has 0 aliphatic carbocycles. The number of carbonyl (C=O) groups is 1. The molecule has 0 aromatic heterocycles. The van der Waals surface area contributed by atoms with Crippen molar-refractivity contribution in [3.8, 4) is 0 Å². The monoisotopic (exact) mass is 257 g/mol. The van der Waals surface area contributed by atoms with Crippen LogP contribution < -0.4 is 11.1 Å². The van der Waals surface area contributed by atoms with E-state index in [4.69, 9.17) is 10.5 Å². The summed E-state index contributed by atoms with van der Waals surface area (Å²) in [6, 6.07) is 0.100. The van der Waals surface area contributed by atoms with Crippen LogP contribution in [0.4, 0.5) is 0 Å². The molecule has 0 aromatic carbocycles. The summed E-state index contributed by atoms with van der Waals surface area (Å²) in [6.07, 6.45) is 1.11. The summed E-state index contributed by atoms with van der Waals surface area (Å²) in [5, 5.41) is 3.02. The third kappa shape index (κ3) is 4.23. The van der Waals surface area contributed by atoms with Gasteiger partial charge in [-0.3, -0.25) is 9.69 Å². The Kier molecular flexibility index (Phi) is 6.05. The molecule has 0 radical (unpaired) electrons. The molecule has 5 heteroatoms. The van der Waals surface area contributed by atoms with E-state index < -0.39 is 0 Å². The van der Waals surface area contributed by atoms with Crippen molar-refractivity contribution in [2.75, 3.05) is 19.6 Å². The minimum atomic E-state index is -0.126. The van der Waals surface area contributed by atoms with E-state index in [1.165, 1.54) is 0 Å². The normalized spacial score (nSPS) is 28.7. The Morgan fingerprint density at radius 3 is 2.72 bits per heavy atom. The summed E-state index contributed by atoms with van der Waals surface area (Å²) in [5.74, 6) is 0.0919. The molecule has 106 valence electrons. The number of nitrogens with two attached hydrogens (primary N) is 1. The topological polar surface area (TPSA) is 67.6 Å². The molecular formula is C13H27N3O2. The second kappa shape index (κ2) is 7.07. The van der Waals surface area contributed by atoms with Crippen LogP contribution in [0.1, 0.15) is 34.1 Å². The van der Waals surface area contributed by atoms with Gasteiger partial charge in [-0.2, -0.15) is 0 Å². The number of hydrogen-bond donors (Lipinski definition) is 2. The van der Waals surface area contributed by atoms with Gasteiger partial charge in [0.05, 0.1) is 18.2 Å². The van der Waals surface area contributed by atoms with Gasteiger partial charge in [-0.05, 0) is 27.2 Å². The largest absolute Gasteiger partial charge is 0.371 e. The van der Waals surface area contributed by atoms with Gasteiger partial charge in [0.2, 0.25) is 5.91 Å². The van der Waals surface area contributed by atoms with Crippen LogP contribution >= 0.6 is 0 Å². The second-order valence-electron chi connectivity index (χ2n) is 5.25. The first-order valence-electron chi connectivity index (χ1n) is 6.87. The summed E-state index contributed by atoms with van der Waals surface area (Å²) in [5.41, 5.74) is 5.65. The molecule has 0 bridgehead atoms. The van der Waals surface area contributed by atoms with Crippen LogP contribution in [0.5, 0.6) is 0 Å². The molecule has 0 spiro atoms. The molecule has 1 saturated heterocycles. The summed E-state index contributed by atoms with van der Waals surface area (Å²) in [6.45, 7) is 10.1. The van der Waals surface area contributed by atoms with E-state index in [9.17, 15) is 4.79 Å². The van der Waals surface area contributed by atoms with Crippen LogP contribution in [0.25, 0.3) is 0 Å². The number of morpholine rings is 1. The molecule has 1 rings (SSSR count). The van der Waals surface area contributed by atoms with E-state index in [-0.39, 0.29) is 30.2 Å². The first-order valence-corrected chi connectivity index (χ1v) is 6.87. The molecular weight excluding hydrogens is 230 g/mol. The molecule has 0 saturated carbocycles. The van der Waals surface area contributed by atoms with Gasteiger partial charge >= 0.3 is 0 Å². The van der Waals surface area contributed by atoms with Gasteiger partial charge in [0.1, 0.15) is 0 Å². The quantitative estimate of drug-likeness (QED) is 0.745. The van der Waals surface area contributed by atoms with Crippen LogP contribution in [0.3, 0.4) is 0 Å².